The van der Waals surface area contributed by atoms with Crippen LogP contribution in [0.1, 0.15) is 138 Å². The maximum Gasteiger partial charge on any atom is 0.215 e. The summed E-state index contributed by atoms with van der Waals surface area (Å²) in [5, 5.41) is 0. The highest BCUT2D eigenvalue weighted by atomic mass is 15.0. The Morgan fingerprint density at radius 3 is 0.912 bits per heavy atom. The Morgan fingerprint density at radius 2 is 0.520 bits per heavy atom. The van der Waals surface area contributed by atoms with E-state index in [1.165, 1.54) is 179 Å². The number of hydrogen-bond donors (Lipinski definition) is 0. The van der Waals surface area contributed by atoms with Crippen molar-refractivity contribution in [3.05, 3.63) is 316 Å². The highest BCUT2D eigenvalue weighted by Gasteiger charge is 2.24. The van der Waals surface area contributed by atoms with Crippen molar-refractivity contribution in [1.29, 1.82) is 0 Å². The molecule has 6 nitrogen and oxygen atoms in total. The molecule has 0 N–H and O–H groups in total. The fourth-order valence-corrected chi connectivity index (χ4v) is 13.8. The minimum atomic E-state index is -2.10. The van der Waals surface area contributed by atoms with Crippen molar-refractivity contribution in [2.45, 2.75) is 166 Å². The van der Waals surface area contributed by atoms with Crippen LogP contribution in [0.3, 0.4) is 0 Å². The van der Waals surface area contributed by atoms with Crippen molar-refractivity contribution in [2.24, 2.45) is 42.3 Å². The summed E-state index contributed by atoms with van der Waals surface area (Å²) in [7, 11) is 12.5. The predicted molar refractivity (Wildman–Crippen MR) is 432 cm³/mol. The summed E-state index contributed by atoms with van der Waals surface area (Å²) in [4.78, 5) is 0. The normalized spacial score (nSPS) is 11.2. The highest BCUT2D eigenvalue weighted by Crippen LogP contribution is 2.31. The molecule has 0 saturated heterocycles. The van der Waals surface area contributed by atoms with Crippen LogP contribution in [-0.2, 0) is 42.3 Å². The Kier molecular flexibility index (Phi) is 25.5. The predicted octanol–water partition coefficient (Wildman–Crippen LogP) is 20.5. The van der Waals surface area contributed by atoms with E-state index >= 15 is 0 Å². The molecule has 0 unspecified atom stereocenters. The van der Waals surface area contributed by atoms with E-state index in [0.717, 1.165) is 16.8 Å². The number of aryl methyl sites for hydroxylation is 22. The first-order valence-corrected chi connectivity index (χ1v) is 36.0. The summed E-state index contributed by atoms with van der Waals surface area (Å²) < 4.78 is 36.2. The average molecular weight is 1360 g/mol. The number of rotatable bonds is 6. The Bertz CT molecular complexity index is 5020. The summed E-state index contributed by atoms with van der Waals surface area (Å²) in [6, 6.07) is 64.8. The smallest absolute Gasteiger partial charge is 0.199 e. The van der Waals surface area contributed by atoms with Crippen molar-refractivity contribution >= 4 is 0 Å². The van der Waals surface area contributed by atoms with E-state index in [2.05, 4.69) is 368 Å². The van der Waals surface area contributed by atoms with Gasteiger partial charge in [-0.05, 0) is 239 Å². The molecular formula is C96H120N6+6. The maximum atomic E-state index is 7.68. The van der Waals surface area contributed by atoms with Gasteiger partial charge in [0.25, 0.3) is 0 Å². The van der Waals surface area contributed by atoms with Gasteiger partial charge in [0.1, 0.15) is 42.3 Å². The number of benzene rings is 6. The van der Waals surface area contributed by atoms with Crippen molar-refractivity contribution in [3.63, 3.8) is 0 Å². The van der Waals surface area contributed by atoms with E-state index in [4.69, 9.17) is 4.11 Å². The monoisotopic (exact) mass is 1360 g/mol. The van der Waals surface area contributed by atoms with E-state index < -0.39 is 6.85 Å². The second-order valence-electron chi connectivity index (χ2n) is 29.0. The van der Waals surface area contributed by atoms with Gasteiger partial charge in [-0.25, -0.2) is 0 Å². The zero-order chi connectivity index (χ0) is 78.0. The van der Waals surface area contributed by atoms with E-state index in [1.807, 2.05) is 32.2 Å². The molecule has 6 aromatic heterocycles. The fourth-order valence-electron chi connectivity index (χ4n) is 13.8. The van der Waals surface area contributed by atoms with Gasteiger partial charge >= 0.3 is 0 Å². The van der Waals surface area contributed by atoms with Gasteiger partial charge in [0, 0.05) is 139 Å². The molecule has 528 valence electrons. The summed E-state index contributed by atoms with van der Waals surface area (Å²) >= 11 is 0. The summed E-state index contributed by atoms with van der Waals surface area (Å²) in [6.07, 6.45) is 0. The molecule has 0 atom stereocenters. The lowest BCUT2D eigenvalue weighted by Crippen LogP contribution is -2.35. The molecule has 0 bridgehead atoms. The zero-order valence-corrected chi connectivity index (χ0v) is 67.5. The third-order valence-corrected chi connectivity index (χ3v) is 20.8. The summed E-state index contributed by atoms with van der Waals surface area (Å²) in [6.45, 7) is 47.3. The molecule has 6 aromatic carbocycles. The van der Waals surface area contributed by atoms with Crippen LogP contribution in [-0.4, -0.2) is 0 Å². The van der Waals surface area contributed by atoms with Crippen LogP contribution in [0.4, 0.5) is 0 Å². The van der Waals surface area contributed by atoms with Crippen molar-refractivity contribution in [3.8, 4) is 67.5 Å². The maximum absolute atomic E-state index is 7.68. The molecule has 6 heterocycles. The number of nitrogens with zero attached hydrogens (tertiary/aromatic N) is 6. The molecular weight excluding hydrogens is 1240 g/mol. The minimum absolute atomic E-state index is 0.369. The van der Waals surface area contributed by atoms with Crippen LogP contribution in [0.5, 0.6) is 0 Å². The molecule has 0 amide bonds. The largest absolute Gasteiger partial charge is 0.215 e. The molecule has 0 radical (unpaired) electrons. The van der Waals surface area contributed by atoms with Gasteiger partial charge in [0.05, 0.1) is 11.1 Å². The molecule has 0 fully saturated rings. The number of hydrogen-bond acceptors (Lipinski definition) is 0. The first-order valence-electron chi connectivity index (χ1n) is 37.5. The Hall–Kier alpha value is -9.78. The lowest BCUT2D eigenvalue weighted by Gasteiger charge is -2.11. The fraction of sp³-hybridized carbons (Fsp3) is 0.312. The van der Waals surface area contributed by atoms with Crippen LogP contribution >= 0.6 is 0 Å². The molecule has 0 aliphatic rings. The van der Waals surface area contributed by atoms with E-state index in [0.29, 0.717) is 5.69 Å². The van der Waals surface area contributed by atoms with Gasteiger partial charge in [-0.3, -0.25) is 0 Å². The van der Waals surface area contributed by atoms with Gasteiger partial charge < -0.3 is 0 Å². The molecule has 0 spiro atoms. The Balaban J connectivity index is 0.000000176. The first kappa shape index (κ1) is 74.9. The van der Waals surface area contributed by atoms with Crippen LogP contribution in [0, 0.1) is 166 Å². The summed E-state index contributed by atoms with van der Waals surface area (Å²) in [5.74, 6) is 0. The average Bonchev–Trinajstić information content (AvgIpc) is 0.808. The topological polar surface area (TPSA) is 23.3 Å². The van der Waals surface area contributed by atoms with Gasteiger partial charge in [0.2, 0.25) is 34.2 Å². The van der Waals surface area contributed by atoms with E-state index in [1.54, 1.807) is 10.6 Å². The third-order valence-electron chi connectivity index (χ3n) is 20.8. The van der Waals surface area contributed by atoms with Gasteiger partial charge in [-0.1, -0.05) is 96.1 Å². The van der Waals surface area contributed by atoms with Crippen molar-refractivity contribution in [2.75, 3.05) is 0 Å². The Morgan fingerprint density at radius 1 is 0.206 bits per heavy atom. The molecule has 0 saturated carbocycles. The van der Waals surface area contributed by atoms with Crippen LogP contribution < -0.4 is 27.4 Å². The number of pyridine rings is 6. The molecule has 0 aliphatic carbocycles. The van der Waals surface area contributed by atoms with Gasteiger partial charge in [-0.15, -0.1) is 0 Å². The molecule has 12 rings (SSSR count). The zero-order valence-electron chi connectivity index (χ0n) is 70.5. The second kappa shape index (κ2) is 34.7. The van der Waals surface area contributed by atoms with Crippen LogP contribution in [0.15, 0.2) is 182 Å². The lowest BCUT2D eigenvalue weighted by molar-refractivity contribution is -0.667. The van der Waals surface area contributed by atoms with Crippen LogP contribution in [0.25, 0.3) is 67.5 Å². The van der Waals surface area contributed by atoms with E-state index in [9.17, 15) is 0 Å². The standard InChI is InChI=1S/6C16H20N/c1-11-6-7-15(13(3)8-11)16-10-12(2)9-14(4)17(16)5;1-11-6-7-12(2)15(10-11)16-13(3)8-9-14(4)17(16)5;2*1-11-9-13(3)17(5)16(10-11)15-8-6-7-12(2)14(15)4;2*1-11-7-6-8-12(2)15(11)16-13(3)9-10-14(4)17(16)5/h6*6-10H,1-5H3/q6*+1/i;;3D3;;;. The molecule has 12 aromatic rings. The Labute approximate surface area is 620 Å². The molecule has 0 aliphatic heterocycles. The second-order valence-corrected chi connectivity index (χ2v) is 29.0. The quantitative estimate of drug-likeness (QED) is 0.148. The third kappa shape index (κ3) is 18.8. The lowest BCUT2D eigenvalue weighted by atomic mass is 9.96. The van der Waals surface area contributed by atoms with Crippen LogP contribution in [0.2, 0.25) is 0 Å². The minimum Gasteiger partial charge on any atom is -0.199 e. The van der Waals surface area contributed by atoms with Gasteiger partial charge in [0.15, 0.2) is 34.2 Å². The summed E-state index contributed by atoms with van der Waals surface area (Å²) in [5.41, 5.74) is 45.5. The SMILES string of the molecule is Cc1cc(C)[n+](C)c(-c2cccc(C)c2C)c1.Cc1ccc(-c2cc(C)cc(C)[n+]2C)c(C)c1.Cc1ccc(C)c(-c2c(C)ccc(C)[n+]2C)c1.Cc1cccc(C)c1-c1c(C)ccc(C)[n+]1C.Cc1cccc(C)c1-c1c(C)ccc(C)[n+]1C.[2H]C([2H])([2H])c1cc(C)cc(-c2cccc(C)c2C)[n+]1C. The number of aromatic nitrogens is 6. The molecule has 102 heavy (non-hydrogen) atoms. The van der Waals surface area contributed by atoms with Gasteiger partial charge in [-0.2, -0.15) is 27.4 Å². The van der Waals surface area contributed by atoms with Crippen molar-refractivity contribution < 1.29 is 31.5 Å². The first-order chi connectivity index (χ1) is 49.2. The van der Waals surface area contributed by atoms with Crippen molar-refractivity contribution in [1.82, 2.24) is 0 Å². The van der Waals surface area contributed by atoms with E-state index in [-0.39, 0.29) is 0 Å². The molecule has 6 heteroatoms. The highest BCUT2D eigenvalue weighted by molar-refractivity contribution is 5.70.